The molecule has 4 nitrogen and oxygen atoms in total. The zero-order valence-electron chi connectivity index (χ0n) is 7.93. The van der Waals surface area contributed by atoms with Gasteiger partial charge in [-0.2, -0.15) is 0 Å². The lowest BCUT2D eigenvalue weighted by Gasteiger charge is -2.39. The highest BCUT2D eigenvalue weighted by Crippen LogP contribution is 2.34. The number of nitrogens with zero attached hydrogens (tertiary/aromatic N) is 1. The minimum atomic E-state index is -0.0778. The second-order valence-corrected chi connectivity index (χ2v) is 5.01. The summed E-state index contributed by atoms with van der Waals surface area (Å²) in [5.41, 5.74) is 0.0618. The second kappa shape index (κ2) is 3.52. The van der Waals surface area contributed by atoms with Crippen LogP contribution in [0.15, 0.2) is 11.1 Å². The molecule has 0 radical (unpaired) electrons. The molecule has 0 atom stereocenters. The van der Waals surface area contributed by atoms with Crippen LogP contribution in [-0.2, 0) is 0 Å². The monoisotopic (exact) mass is 305 g/mol. The third-order valence-corrected chi connectivity index (χ3v) is 3.67. The van der Waals surface area contributed by atoms with Crippen molar-refractivity contribution in [1.82, 2.24) is 9.97 Å². The molecule has 0 aromatic carbocycles. The van der Waals surface area contributed by atoms with E-state index in [-0.39, 0.29) is 11.1 Å². The van der Waals surface area contributed by atoms with Gasteiger partial charge in [-0.15, -0.1) is 0 Å². The highest BCUT2D eigenvalue weighted by atomic mass is 127. The Morgan fingerprint density at radius 1 is 1.64 bits per heavy atom. The Bertz CT molecular complexity index is 397. The van der Waals surface area contributed by atoms with Crippen molar-refractivity contribution < 1.29 is 0 Å². The summed E-state index contributed by atoms with van der Waals surface area (Å²) < 4.78 is 0.637. The van der Waals surface area contributed by atoms with Gasteiger partial charge in [0.15, 0.2) is 0 Å². The molecule has 1 aliphatic carbocycles. The maximum Gasteiger partial charge on any atom is 0.266 e. The number of rotatable bonds is 2. The smallest absolute Gasteiger partial charge is 0.266 e. The first kappa shape index (κ1) is 9.95. The SMILES string of the molecule is CC1(Nc2nc[nH]c(=O)c2I)CCC1. The number of aromatic nitrogens is 2. The van der Waals surface area contributed by atoms with Crippen molar-refractivity contribution in [3.8, 4) is 0 Å². The van der Waals surface area contributed by atoms with Gasteiger partial charge in [-0.05, 0) is 48.8 Å². The predicted molar refractivity (Wildman–Crippen MR) is 63.5 cm³/mol. The maximum atomic E-state index is 11.3. The van der Waals surface area contributed by atoms with E-state index in [0.717, 1.165) is 12.8 Å². The number of halogens is 1. The van der Waals surface area contributed by atoms with E-state index in [1.807, 2.05) is 22.6 Å². The molecule has 14 heavy (non-hydrogen) atoms. The van der Waals surface area contributed by atoms with Crippen LogP contribution in [0.2, 0.25) is 0 Å². The first-order valence-corrected chi connectivity index (χ1v) is 5.70. The average molecular weight is 305 g/mol. The van der Waals surface area contributed by atoms with E-state index in [2.05, 4.69) is 22.2 Å². The van der Waals surface area contributed by atoms with Crippen LogP contribution in [0, 0.1) is 3.57 Å². The Labute approximate surface area is 95.7 Å². The zero-order valence-corrected chi connectivity index (χ0v) is 10.1. The molecule has 1 aromatic heterocycles. The van der Waals surface area contributed by atoms with Gasteiger partial charge in [0.25, 0.3) is 5.56 Å². The molecule has 0 spiro atoms. The molecule has 1 saturated carbocycles. The number of anilines is 1. The molecule has 1 fully saturated rings. The molecule has 5 heteroatoms. The molecule has 76 valence electrons. The average Bonchev–Trinajstić information content (AvgIpc) is 2.10. The fourth-order valence-electron chi connectivity index (χ4n) is 1.59. The molecule has 1 aromatic rings. The lowest BCUT2D eigenvalue weighted by Crippen LogP contribution is -2.42. The van der Waals surface area contributed by atoms with Crippen LogP contribution in [0.3, 0.4) is 0 Å². The largest absolute Gasteiger partial charge is 0.364 e. The van der Waals surface area contributed by atoms with Gasteiger partial charge in [-0.25, -0.2) is 4.98 Å². The Kier molecular flexibility index (Phi) is 2.50. The summed E-state index contributed by atoms with van der Waals surface area (Å²) in [5.74, 6) is 0.705. The highest BCUT2D eigenvalue weighted by molar-refractivity contribution is 14.1. The van der Waals surface area contributed by atoms with Crippen LogP contribution in [-0.4, -0.2) is 15.5 Å². The van der Waals surface area contributed by atoms with Gasteiger partial charge in [0, 0.05) is 5.54 Å². The lowest BCUT2D eigenvalue weighted by atomic mass is 9.78. The van der Waals surface area contributed by atoms with Gasteiger partial charge in [-0.3, -0.25) is 4.79 Å². The van der Waals surface area contributed by atoms with E-state index in [1.165, 1.54) is 12.7 Å². The molecule has 0 unspecified atom stereocenters. The van der Waals surface area contributed by atoms with Crippen molar-refractivity contribution in [2.24, 2.45) is 0 Å². The Balaban J connectivity index is 2.24. The van der Waals surface area contributed by atoms with Crippen molar-refractivity contribution in [1.29, 1.82) is 0 Å². The Hall–Kier alpha value is -0.590. The molecule has 1 heterocycles. The van der Waals surface area contributed by atoms with Gasteiger partial charge >= 0.3 is 0 Å². The minimum Gasteiger partial charge on any atom is -0.364 e. The van der Waals surface area contributed by atoms with Crippen molar-refractivity contribution in [3.05, 3.63) is 20.3 Å². The maximum absolute atomic E-state index is 11.3. The van der Waals surface area contributed by atoms with Crippen LogP contribution < -0.4 is 10.9 Å². The number of H-pyrrole nitrogens is 1. The van der Waals surface area contributed by atoms with Crippen molar-refractivity contribution >= 4 is 28.4 Å². The van der Waals surface area contributed by atoms with E-state index in [9.17, 15) is 4.79 Å². The molecule has 0 aliphatic heterocycles. The minimum absolute atomic E-state index is 0.0778. The van der Waals surface area contributed by atoms with E-state index < -0.39 is 0 Å². The van der Waals surface area contributed by atoms with Crippen molar-refractivity contribution in [3.63, 3.8) is 0 Å². The topological polar surface area (TPSA) is 57.8 Å². The first-order valence-electron chi connectivity index (χ1n) is 4.62. The Morgan fingerprint density at radius 2 is 2.36 bits per heavy atom. The van der Waals surface area contributed by atoms with Crippen LogP contribution in [0.1, 0.15) is 26.2 Å². The van der Waals surface area contributed by atoms with Gasteiger partial charge in [-0.1, -0.05) is 0 Å². The van der Waals surface area contributed by atoms with Gasteiger partial charge in [0.05, 0.1) is 6.33 Å². The molecule has 1 aliphatic rings. The summed E-state index contributed by atoms with van der Waals surface area (Å²) in [6.45, 7) is 2.16. The van der Waals surface area contributed by atoms with E-state index in [1.54, 1.807) is 0 Å². The number of aromatic amines is 1. The number of hydrogen-bond donors (Lipinski definition) is 2. The summed E-state index contributed by atoms with van der Waals surface area (Å²) >= 11 is 2.02. The quantitative estimate of drug-likeness (QED) is 0.818. The fourth-order valence-corrected chi connectivity index (χ4v) is 2.02. The number of nitrogens with one attached hydrogen (secondary N) is 2. The normalized spacial score (nSPS) is 18.7. The van der Waals surface area contributed by atoms with Gasteiger partial charge in [0.1, 0.15) is 9.39 Å². The van der Waals surface area contributed by atoms with Gasteiger partial charge in [0.2, 0.25) is 0 Å². The predicted octanol–water partition coefficient (Wildman–Crippen LogP) is 1.73. The highest BCUT2D eigenvalue weighted by Gasteiger charge is 2.32. The first-order chi connectivity index (χ1) is 6.61. The summed E-state index contributed by atoms with van der Waals surface area (Å²) in [6, 6.07) is 0. The molecule has 0 saturated heterocycles. The van der Waals surface area contributed by atoms with Crippen LogP contribution in [0.25, 0.3) is 0 Å². The third-order valence-electron chi connectivity index (χ3n) is 2.67. The van der Waals surface area contributed by atoms with Crippen LogP contribution >= 0.6 is 22.6 Å². The molecular formula is C9H12IN3O. The fraction of sp³-hybridized carbons (Fsp3) is 0.556. The lowest BCUT2D eigenvalue weighted by molar-refractivity contribution is 0.305. The Morgan fingerprint density at radius 3 is 2.93 bits per heavy atom. The van der Waals surface area contributed by atoms with E-state index >= 15 is 0 Å². The van der Waals surface area contributed by atoms with Crippen LogP contribution in [0.4, 0.5) is 5.82 Å². The third kappa shape index (κ3) is 1.77. The van der Waals surface area contributed by atoms with Crippen molar-refractivity contribution in [2.75, 3.05) is 5.32 Å². The van der Waals surface area contributed by atoms with Gasteiger partial charge < -0.3 is 10.3 Å². The molecular weight excluding hydrogens is 293 g/mol. The molecule has 0 amide bonds. The van der Waals surface area contributed by atoms with Crippen molar-refractivity contribution in [2.45, 2.75) is 31.7 Å². The summed E-state index contributed by atoms with van der Waals surface area (Å²) in [7, 11) is 0. The number of hydrogen-bond acceptors (Lipinski definition) is 3. The summed E-state index contributed by atoms with van der Waals surface area (Å²) in [5, 5.41) is 3.33. The molecule has 2 rings (SSSR count). The zero-order chi connectivity index (χ0) is 10.2. The standard InChI is InChI=1S/C9H12IN3O/c1-9(3-2-4-9)13-7-6(10)8(14)12-5-11-7/h5H,2-4H2,1H3,(H2,11,12,13,14). The molecule has 2 N–H and O–H groups in total. The van der Waals surface area contributed by atoms with E-state index in [4.69, 9.17) is 0 Å². The second-order valence-electron chi connectivity index (χ2n) is 3.93. The molecule has 0 bridgehead atoms. The summed E-state index contributed by atoms with van der Waals surface area (Å²) in [6.07, 6.45) is 4.99. The van der Waals surface area contributed by atoms with E-state index in [0.29, 0.717) is 9.39 Å². The van der Waals surface area contributed by atoms with Crippen LogP contribution in [0.5, 0.6) is 0 Å². The summed E-state index contributed by atoms with van der Waals surface area (Å²) in [4.78, 5) is 18.0.